The third-order valence-electron chi connectivity index (χ3n) is 4.30. The molecule has 1 atom stereocenters. The Labute approximate surface area is 151 Å². The van der Waals surface area contributed by atoms with Gasteiger partial charge in [0.2, 0.25) is 11.8 Å². The Morgan fingerprint density at radius 3 is 3.04 bits per heavy atom. The minimum absolute atomic E-state index is 0.0133. The zero-order valence-electron chi connectivity index (χ0n) is 14.3. The second kappa shape index (κ2) is 8.20. The van der Waals surface area contributed by atoms with Gasteiger partial charge in [0.1, 0.15) is 0 Å². The quantitative estimate of drug-likeness (QED) is 0.861. The minimum Gasteiger partial charge on any atom is -0.351 e. The normalized spacial score (nSPS) is 16.8. The summed E-state index contributed by atoms with van der Waals surface area (Å²) in [6.07, 6.45) is 6.57. The van der Waals surface area contributed by atoms with Gasteiger partial charge in [-0.3, -0.25) is 19.6 Å². The van der Waals surface area contributed by atoms with Gasteiger partial charge in [-0.05, 0) is 30.7 Å². The van der Waals surface area contributed by atoms with Crippen LogP contribution in [0.1, 0.15) is 48.5 Å². The maximum Gasteiger partial charge on any atom is 0.223 e. The molecule has 2 aromatic heterocycles. The monoisotopic (exact) mass is 358 g/mol. The van der Waals surface area contributed by atoms with Crippen LogP contribution in [0.25, 0.3) is 0 Å². The average molecular weight is 358 g/mol. The summed E-state index contributed by atoms with van der Waals surface area (Å²) in [6.45, 7) is 2.60. The molecule has 3 heterocycles. The number of nitrogens with one attached hydrogen (secondary N) is 1. The summed E-state index contributed by atoms with van der Waals surface area (Å²) in [7, 11) is 0. The van der Waals surface area contributed by atoms with Crippen molar-refractivity contribution in [1.29, 1.82) is 0 Å². The number of hydrogen-bond acceptors (Lipinski definition) is 5. The molecule has 1 aliphatic heterocycles. The minimum atomic E-state index is -0.0987. The fourth-order valence-electron chi connectivity index (χ4n) is 3.09. The molecule has 3 rings (SSSR count). The molecule has 0 saturated carbocycles. The molecule has 0 unspecified atom stereocenters. The van der Waals surface area contributed by atoms with Gasteiger partial charge < -0.3 is 10.2 Å². The standard InChI is InChI=1S/C18H22N4O2S/c1-13(23)20-11-14-10-19-12-16(21-14)17-5-2-8-22(17)18(24)7-6-15-4-3-9-25-15/h3-4,9-10,12,17H,2,5-8,11H2,1H3,(H,20,23)/t17-/m1/s1. The predicted octanol–water partition coefficient (Wildman–Crippen LogP) is 2.47. The largest absolute Gasteiger partial charge is 0.351 e. The molecule has 2 amide bonds. The first-order valence-electron chi connectivity index (χ1n) is 8.50. The number of carbonyl (C=O) groups is 2. The van der Waals surface area contributed by atoms with Crippen molar-refractivity contribution in [2.24, 2.45) is 0 Å². The highest BCUT2D eigenvalue weighted by Gasteiger charge is 2.30. The fraction of sp³-hybridized carbons (Fsp3) is 0.444. The van der Waals surface area contributed by atoms with Crippen LogP contribution in [0.3, 0.4) is 0 Å². The first-order chi connectivity index (χ1) is 12.1. The number of hydrogen-bond donors (Lipinski definition) is 1. The van der Waals surface area contributed by atoms with Crippen molar-refractivity contribution in [3.05, 3.63) is 46.2 Å². The summed E-state index contributed by atoms with van der Waals surface area (Å²) in [5.74, 6) is 0.0726. The van der Waals surface area contributed by atoms with Crippen LogP contribution in [0.4, 0.5) is 0 Å². The molecule has 1 N–H and O–H groups in total. The van der Waals surface area contributed by atoms with Crippen LogP contribution >= 0.6 is 11.3 Å². The molecule has 0 aliphatic carbocycles. The number of aromatic nitrogens is 2. The van der Waals surface area contributed by atoms with Gasteiger partial charge in [0.05, 0.1) is 36.4 Å². The number of likely N-dealkylation sites (tertiary alicyclic amines) is 1. The van der Waals surface area contributed by atoms with E-state index >= 15 is 0 Å². The summed E-state index contributed by atoms with van der Waals surface area (Å²) in [5.41, 5.74) is 1.52. The van der Waals surface area contributed by atoms with Crippen LogP contribution in [0.2, 0.25) is 0 Å². The van der Waals surface area contributed by atoms with E-state index in [0.717, 1.165) is 31.5 Å². The molecule has 0 spiro atoms. The molecule has 1 saturated heterocycles. The molecule has 7 heteroatoms. The number of thiophene rings is 1. The van der Waals surface area contributed by atoms with Gasteiger partial charge in [-0.25, -0.2) is 0 Å². The summed E-state index contributed by atoms with van der Waals surface area (Å²) in [6, 6.07) is 4.07. The van der Waals surface area contributed by atoms with E-state index in [1.54, 1.807) is 23.7 Å². The molecule has 1 aliphatic rings. The van der Waals surface area contributed by atoms with Gasteiger partial charge in [-0.1, -0.05) is 6.07 Å². The number of rotatable bonds is 6. The molecular weight excluding hydrogens is 336 g/mol. The second-order valence-corrected chi connectivity index (χ2v) is 7.20. The van der Waals surface area contributed by atoms with E-state index in [4.69, 9.17) is 0 Å². The molecule has 25 heavy (non-hydrogen) atoms. The van der Waals surface area contributed by atoms with E-state index in [0.29, 0.717) is 18.7 Å². The van der Waals surface area contributed by atoms with Crippen LogP contribution in [-0.2, 0) is 22.6 Å². The highest BCUT2D eigenvalue weighted by molar-refractivity contribution is 7.09. The number of carbonyl (C=O) groups excluding carboxylic acids is 2. The van der Waals surface area contributed by atoms with Crippen molar-refractivity contribution in [3.8, 4) is 0 Å². The van der Waals surface area contributed by atoms with Crippen molar-refractivity contribution in [2.45, 2.75) is 45.2 Å². The summed E-state index contributed by atoms with van der Waals surface area (Å²) in [4.78, 5) is 35.7. The lowest BCUT2D eigenvalue weighted by Crippen LogP contribution is -2.31. The van der Waals surface area contributed by atoms with E-state index in [1.165, 1.54) is 11.8 Å². The van der Waals surface area contributed by atoms with Crippen molar-refractivity contribution in [3.63, 3.8) is 0 Å². The molecular formula is C18H22N4O2S. The van der Waals surface area contributed by atoms with Crippen LogP contribution in [-0.4, -0.2) is 33.2 Å². The average Bonchev–Trinajstić information content (AvgIpc) is 3.29. The van der Waals surface area contributed by atoms with Crippen LogP contribution in [0.5, 0.6) is 0 Å². The number of amides is 2. The zero-order valence-corrected chi connectivity index (χ0v) is 15.1. The van der Waals surface area contributed by atoms with Gasteiger partial charge >= 0.3 is 0 Å². The van der Waals surface area contributed by atoms with E-state index in [2.05, 4.69) is 21.4 Å². The van der Waals surface area contributed by atoms with E-state index in [9.17, 15) is 9.59 Å². The first-order valence-corrected chi connectivity index (χ1v) is 9.38. The van der Waals surface area contributed by atoms with E-state index < -0.39 is 0 Å². The lowest BCUT2D eigenvalue weighted by molar-refractivity contribution is -0.132. The zero-order chi connectivity index (χ0) is 17.6. The van der Waals surface area contributed by atoms with Crippen LogP contribution < -0.4 is 5.32 Å². The summed E-state index contributed by atoms with van der Waals surface area (Å²) >= 11 is 1.69. The van der Waals surface area contributed by atoms with E-state index in [1.807, 2.05) is 16.3 Å². The van der Waals surface area contributed by atoms with Gasteiger partial charge in [-0.15, -0.1) is 11.3 Å². The van der Waals surface area contributed by atoms with Crippen molar-refractivity contribution < 1.29 is 9.59 Å². The summed E-state index contributed by atoms with van der Waals surface area (Å²) in [5, 5.41) is 4.77. The van der Waals surface area contributed by atoms with Crippen LogP contribution in [0.15, 0.2) is 29.9 Å². The molecule has 2 aromatic rings. The molecule has 0 aromatic carbocycles. The second-order valence-electron chi connectivity index (χ2n) is 6.17. The highest BCUT2D eigenvalue weighted by atomic mass is 32.1. The lowest BCUT2D eigenvalue weighted by Gasteiger charge is -2.24. The maximum absolute atomic E-state index is 12.6. The fourth-order valence-corrected chi connectivity index (χ4v) is 3.79. The Kier molecular flexibility index (Phi) is 5.75. The lowest BCUT2D eigenvalue weighted by atomic mass is 10.1. The third kappa shape index (κ3) is 4.63. The number of nitrogens with zero attached hydrogens (tertiary/aromatic N) is 3. The van der Waals surface area contributed by atoms with Crippen LogP contribution in [0, 0.1) is 0 Å². The molecule has 0 bridgehead atoms. The molecule has 1 fully saturated rings. The Hall–Kier alpha value is -2.28. The third-order valence-corrected chi connectivity index (χ3v) is 5.24. The predicted molar refractivity (Wildman–Crippen MR) is 95.9 cm³/mol. The Bertz CT molecular complexity index is 732. The van der Waals surface area contributed by atoms with Gasteiger partial charge in [-0.2, -0.15) is 0 Å². The van der Waals surface area contributed by atoms with Gasteiger partial charge in [0.15, 0.2) is 0 Å². The maximum atomic E-state index is 12.6. The molecule has 132 valence electrons. The summed E-state index contributed by atoms with van der Waals surface area (Å²) < 4.78 is 0. The van der Waals surface area contributed by atoms with Crippen molar-refractivity contribution >= 4 is 23.2 Å². The first kappa shape index (κ1) is 17.5. The molecule has 0 radical (unpaired) electrons. The van der Waals surface area contributed by atoms with Crippen molar-refractivity contribution in [1.82, 2.24) is 20.2 Å². The van der Waals surface area contributed by atoms with Gasteiger partial charge in [0.25, 0.3) is 0 Å². The Morgan fingerprint density at radius 2 is 2.28 bits per heavy atom. The van der Waals surface area contributed by atoms with E-state index in [-0.39, 0.29) is 17.9 Å². The van der Waals surface area contributed by atoms with Crippen molar-refractivity contribution in [2.75, 3.05) is 6.54 Å². The topological polar surface area (TPSA) is 75.2 Å². The number of aryl methyl sites for hydroxylation is 1. The highest BCUT2D eigenvalue weighted by Crippen LogP contribution is 2.31. The smallest absolute Gasteiger partial charge is 0.223 e. The SMILES string of the molecule is CC(=O)NCc1cncc([C@H]2CCCN2C(=O)CCc2cccs2)n1. The van der Waals surface area contributed by atoms with Gasteiger partial charge in [0, 0.05) is 24.8 Å². The Balaban J connectivity index is 1.65. The molecule has 6 nitrogen and oxygen atoms in total. The Morgan fingerprint density at radius 1 is 1.40 bits per heavy atom.